The third-order valence-electron chi connectivity index (χ3n) is 1.76. The Hall–Kier alpha value is -1.05. The summed E-state index contributed by atoms with van der Waals surface area (Å²) >= 11 is 10.5. The Kier molecular flexibility index (Phi) is 3.61. The van der Waals surface area contributed by atoms with Crippen LogP contribution in [0.2, 0.25) is 0 Å². The van der Waals surface area contributed by atoms with Crippen LogP contribution in [-0.4, -0.2) is 17.5 Å². The van der Waals surface area contributed by atoms with Crippen molar-refractivity contribution in [2.75, 3.05) is 5.73 Å². The number of benzene rings is 1. The summed E-state index contributed by atoms with van der Waals surface area (Å²) in [6, 6.07) is 3.04. The molecule has 0 heterocycles. The molecule has 88 valence electrons. The molecule has 0 atom stereocenters. The average molecular weight is 285 g/mol. The van der Waals surface area contributed by atoms with Crippen LogP contribution in [0.5, 0.6) is 0 Å². The number of anilines is 1. The van der Waals surface area contributed by atoms with Gasteiger partial charge in [0.15, 0.2) is 0 Å². The van der Waals surface area contributed by atoms with E-state index in [0.717, 1.165) is 18.2 Å². The predicted octanol–water partition coefficient (Wildman–Crippen LogP) is 1.71. The molecular weight excluding hydrogens is 279 g/mol. The fraction of sp³-hybridized carbons (Fsp3) is 0.143. The lowest BCUT2D eigenvalue weighted by molar-refractivity contribution is -0.384. The van der Waals surface area contributed by atoms with Crippen LogP contribution in [0.15, 0.2) is 23.1 Å². The second kappa shape index (κ2) is 4.44. The van der Waals surface area contributed by atoms with E-state index in [2.05, 4.69) is 0 Å². The number of nitro benzene ring substituents is 1. The molecule has 0 radical (unpaired) electrons. The second-order valence-corrected chi connectivity index (χ2v) is 6.43. The third kappa shape index (κ3) is 2.37. The smallest absolute Gasteiger partial charge is 0.293 e. The highest BCUT2D eigenvalue weighted by atomic mass is 35.5. The molecular formula is C7H6Cl2N2O4S. The summed E-state index contributed by atoms with van der Waals surface area (Å²) < 4.78 is 21.3. The normalized spacial score (nSPS) is 11.7. The summed E-state index contributed by atoms with van der Waals surface area (Å²) in [6.45, 7) is 0. The molecule has 0 bridgehead atoms. The second-order valence-electron chi connectivity index (χ2n) is 2.78. The van der Waals surface area contributed by atoms with Crippen molar-refractivity contribution >= 4 is 44.4 Å². The Morgan fingerprint density at radius 2 is 1.94 bits per heavy atom. The number of nitrogen functional groups attached to an aromatic ring is 1. The molecule has 0 aliphatic heterocycles. The van der Waals surface area contributed by atoms with Crippen LogP contribution >= 0.6 is 23.2 Å². The van der Waals surface area contributed by atoms with E-state index in [1.807, 2.05) is 0 Å². The summed E-state index contributed by atoms with van der Waals surface area (Å²) in [5, 5.41) is 10.5. The first kappa shape index (κ1) is 13.0. The molecule has 0 spiro atoms. The molecule has 0 fully saturated rings. The number of alkyl halides is 2. The number of hydrogen-bond donors (Lipinski definition) is 1. The molecule has 1 aromatic carbocycles. The topological polar surface area (TPSA) is 103 Å². The minimum absolute atomic E-state index is 0.135. The Labute approximate surface area is 101 Å². The van der Waals surface area contributed by atoms with Gasteiger partial charge < -0.3 is 5.73 Å². The monoisotopic (exact) mass is 284 g/mol. The first-order valence-corrected chi connectivity index (χ1v) is 6.24. The summed E-state index contributed by atoms with van der Waals surface area (Å²) in [4.78, 5) is 9.41. The van der Waals surface area contributed by atoms with Gasteiger partial charge in [0, 0.05) is 6.07 Å². The lowest BCUT2D eigenvalue weighted by Crippen LogP contribution is -2.10. The zero-order valence-corrected chi connectivity index (χ0v) is 9.96. The van der Waals surface area contributed by atoms with Gasteiger partial charge in [-0.05, 0) is 12.1 Å². The number of nitrogens with two attached hydrogens (primary N) is 1. The van der Waals surface area contributed by atoms with Gasteiger partial charge in [0.2, 0.25) is 14.0 Å². The van der Waals surface area contributed by atoms with Crippen LogP contribution in [0.4, 0.5) is 11.4 Å². The number of hydrogen-bond acceptors (Lipinski definition) is 5. The Bertz CT molecular complexity index is 529. The van der Waals surface area contributed by atoms with Crippen molar-refractivity contribution in [2.24, 2.45) is 0 Å². The zero-order chi connectivity index (χ0) is 12.5. The summed E-state index contributed by atoms with van der Waals surface area (Å²) in [6.07, 6.45) is 0. The predicted molar refractivity (Wildman–Crippen MR) is 60.2 cm³/mol. The van der Waals surface area contributed by atoms with E-state index >= 15 is 0 Å². The van der Waals surface area contributed by atoms with Crippen LogP contribution < -0.4 is 5.73 Å². The fourth-order valence-corrected chi connectivity index (χ4v) is 2.32. The highest BCUT2D eigenvalue weighted by Gasteiger charge is 2.26. The van der Waals surface area contributed by atoms with Crippen molar-refractivity contribution in [3.8, 4) is 0 Å². The quantitative estimate of drug-likeness (QED) is 0.394. The van der Waals surface area contributed by atoms with Crippen molar-refractivity contribution in [3.05, 3.63) is 28.3 Å². The average Bonchev–Trinajstić information content (AvgIpc) is 2.17. The maximum absolute atomic E-state index is 11.5. The first-order chi connectivity index (χ1) is 7.26. The summed E-state index contributed by atoms with van der Waals surface area (Å²) in [5.41, 5.74) is 4.67. The molecule has 1 rings (SSSR count). The maximum Gasteiger partial charge on any atom is 0.293 e. The summed E-state index contributed by atoms with van der Waals surface area (Å²) in [5.74, 6) is 0. The van der Waals surface area contributed by atoms with E-state index in [1.165, 1.54) is 0 Å². The van der Waals surface area contributed by atoms with E-state index in [9.17, 15) is 18.5 Å². The first-order valence-electron chi connectivity index (χ1n) is 3.83. The highest BCUT2D eigenvalue weighted by molar-refractivity contribution is 7.94. The Morgan fingerprint density at radius 1 is 1.38 bits per heavy atom. The largest absolute Gasteiger partial charge is 0.393 e. The zero-order valence-electron chi connectivity index (χ0n) is 7.63. The maximum atomic E-state index is 11.5. The molecule has 2 N–H and O–H groups in total. The van der Waals surface area contributed by atoms with E-state index in [0.29, 0.717) is 0 Å². The molecule has 0 saturated carbocycles. The molecule has 1 aromatic rings. The Morgan fingerprint density at radius 3 is 2.38 bits per heavy atom. The minimum Gasteiger partial charge on any atom is -0.393 e. The van der Waals surface area contributed by atoms with Crippen molar-refractivity contribution in [1.82, 2.24) is 0 Å². The molecule has 0 unspecified atom stereocenters. The fourth-order valence-electron chi connectivity index (χ4n) is 0.961. The van der Waals surface area contributed by atoms with E-state index in [1.54, 1.807) is 0 Å². The minimum atomic E-state index is -3.98. The lowest BCUT2D eigenvalue weighted by atomic mass is 10.3. The molecule has 0 amide bonds. The van der Waals surface area contributed by atoms with Gasteiger partial charge in [-0.1, -0.05) is 23.2 Å². The van der Waals surface area contributed by atoms with Gasteiger partial charge in [0.1, 0.15) is 5.69 Å². The molecule has 9 heteroatoms. The number of halogens is 2. The molecule has 6 nitrogen and oxygen atoms in total. The molecule has 0 aliphatic rings. The van der Waals surface area contributed by atoms with Crippen molar-refractivity contribution in [1.29, 1.82) is 0 Å². The SMILES string of the molecule is Nc1ccc(S(=O)(=O)C(Cl)Cl)cc1[N+](=O)[O-]. The number of nitro groups is 1. The Balaban J connectivity index is 3.40. The van der Waals surface area contributed by atoms with Crippen molar-refractivity contribution in [2.45, 2.75) is 9.06 Å². The molecule has 0 aliphatic carbocycles. The highest BCUT2D eigenvalue weighted by Crippen LogP contribution is 2.28. The van der Waals surface area contributed by atoms with Crippen molar-refractivity contribution in [3.63, 3.8) is 0 Å². The number of nitrogens with zero attached hydrogens (tertiary/aromatic N) is 1. The molecule has 0 aromatic heterocycles. The molecule has 0 saturated heterocycles. The van der Waals surface area contributed by atoms with Crippen LogP contribution in [0.1, 0.15) is 0 Å². The van der Waals surface area contributed by atoms with Gasteiger partial charge in [-0.25, -0.2) is 8.42 Å². The summed E-state index contributed by atoms with van der Waals surface area (Å²) in [7, 11) is -3.98. The van der Waals surface area contributed by atoms with Crippen molar-refractivity contribution < 1.29 is 13.3 Å². The van der Waals surface area contributed by atoms with Crippen LogP contribution in [0.25, 0.3) is 0 Å². The van der Waals surface area contributed by atoms with Gasteiger partial charge in [-0.15, -0.1) is 0 Å². The van der Waals surface area contributed by atoms with Gasteiger partial charge in [0.05, 0.1) is 9.82 Å². The third-order valence-corrected chi connectivity index (χ3v) is 4.55. The number of rotatable bonds is 3. The van der Waals surface area contributed by atoms with E-state index in [4.69, 9.17) is 28.9 Å². The van der Waals surface area contributed by atoms with Gasteiger partial charge >= 0.3 is 0 Å². The van der Waals surface area contributed by atoms with Crippen LogP contribution in [0.3, 0.4) is 0 Å². The van der Waals surface area contributed by atoms with E-state index in [-0.39, 0.29) is 10.6 Å². The van der Waals surface area contributed by atoms with Crippen LogP contribution in [-0.2, 0) is 9.84 Å². The van der Waals surface area contributed by atoms with Gasteiger partial charge in [-0.3, -0.25) is 10.1 Å². The standard InChI is InChI=1S/C7H6Cl2N2O4S/c8-7(9)16(14,15)4-1-2-5(10)6(3-4)11(12)13/h1-3,7H,10H2. The number of sulfone groups is 1. The van der Waals surface area contributed by atoms with E-state index < -0.39 is 24.6 Å². The molecule has 16 heavy (non-hydrogen) atoms. The van der Waals surface area contributed by atoms with Gasteiger partial charge in [-0.2, -0.15) is 0 Å². The van der Waals surface area contributed by atoms with Crippen LogP contribution in [0, 0.1) is 10.1 Å². The lowest BCUT2D eigenvalue weighted by Gasteiger charge is -2.05. The van der Waals surface area contributed by atoms with Gasteiger partial charge in [0.25, 0.3) is 5.69 Å².